The van der Waals surface area contributed by atoms with Crippen LogP contribution in [0, 0.1) is 0 Å². The van der Waals surface area contributed by atoms with Crippen molar-refractivity contribution in [1.29, 1.82) is 0 Å². The predicted molar refractivity (Wildman–Crippen MR) is 131 cm³/mol. The third-order valence-corrected chi connectivity index (χ3v) is 9.43. The zero-order chi connectivity index (χ0) is 22.8. The molecule has 5 rings (SSSR count). The van der Waals surface area contributed by atoms with E-state index in [1.54, 1.807) is 23.5 Å². The highest BCUT2D eigenvalue weighted by Gasteiger charge is 2.26. The second kappa shape index (κ2) is 9.52. The van der Waals surface area contributed by atoms with Gasteiger partial charge in [0.1, 0.15) is 0 Å². The van der Waals surface area contributed by atoms with Gasteiger partial charge in [0.15, 0.2) is 0 Å². The van der Waals surface area contributed by atoms with Crippen LogP contribution in [0.3, 0.4) is 0 Å². The minimum absolute atomic E-state index is 0.00545. The third-order valence-electron chi connectivity index (χ3n) is 6.77. The van der Waals surface area contributed by atoms with Crippen LogP contribution in [0.25, 0.3) is 10.2 Å². The fourth-order valence-electron chi connectivity index (χ4n) is 4.85. The molecule has 1 aliphatic heterocycles. The number of sulfonamides is 1. The zero-order valence-electron chi connectivity index (χ0n) is 18.6. The average molecular weight is 484 g/mol. The van der Waals surface area contributed by atoms with E-state index in [-0.39, 0.29) is 18.9 Å². The van der Waals surface area contributed by atoms with Crippen molar-refractivity contribution in [2.24, 2.45) is 0 Å². The van der Waals surface area contributed by atoms with Gasteiger partial charge in [0.05, 0.1) is 20.1 Å². The van der Waals surface area contributed by atoms with Crippen LogP contribution in [0.2, 0.25) is 0 Å². The summed E-state index contributed by atoms with van der Waals surface area (Å²) in [7, 11) is -3.61. The van der Waals surface area contributed by atoms with Crippen LogP contribution in [0.4, 0.5) is 0 Å². The zero-order valence-corrected chi connectivity index (χ0v) is 20.3. The Kier molecular flexibility index (Phi) is 6.49. The van der Waals surface area contributed by atoms with E-state index >= 15 is 0 Å². The van der Waals surface area contributed by atoms with Gasteiger partial charge in [-0.1, -0.05) is 18.2 Å². The van der Waals surface area contributed by atoms with Gasteiger partial charge in [-0.05, 0) is 73.9 Å². The summed E-state index contributed by atoms with van der Waals surface area (Å²) in [4.78, 5) is 19.6. The number of rotatable bonds is 6. The summed E-state index contributed by atoms with van der Waals surface area (Å²) in [5.41, 5.74) is 3.43. The first-order valence-corrected chi connectivity index (χ1v) is 14.0. The van der Waals surface area contributed by atoms with Crippen LogP contribution in [0.15, 0.2) is 47.4 Å². The number of likely N-dealkylation sites (tertiary alicyclic amines) is 1. The molecule has 2 aromatic carbocycles. The molecule has 1 aromatic heterocycles. The molecule has 2 aliphatic rings. The summed E-state index contributed by atoms with van der Waals surface area (Å²) in [6.07, 6.45) is 6.19. The maximum absolute atomic E-state index is 12.7. The molecule has 1 saturated heterocycles. The number of carbonyl (C=O) groups excluding carboxylic acids is 1. The smallest absolute Gasteiger partial charge is 0.240 e. The van der Waals surface area contributed by atoms with Crippen molar-refractivity contribution in [3.8, 4) is 0 Å². The van der Waals surface area contributed by atoms with E-state index in [4.69, 9.17) is 4.98 Å². The third kappa shape index (κ3) is 4.98. The van der Waals surface area contributed by atoms with Crippen molar-refractivity contribution in [3.05, 3.63) is 58.6 Å². The molecule has 0 radical (unpaired) electrons. The maximum atomic E-state index is 12.7. The van der Waals surface area contributed by atoms with Gasteiger partial charge in [0.2, 0.25) is 15.9 Å². The Hall–Kier alpha value is -2.29. The molecule has 0 unspecified atom stereocenters. The second-order valence-electron chi connectivity index (χ2n) is 8.96. The van der Waals surface area contributed by atoms with E-state index in [9.17, 15) is 13.2 Å². The Morgan fingerprint density at radius 3 is 2.61 bits per heavy atom. The van der Waals surface area contributed by atoms with Crippen LogP contribution in [0.5, 0.6) is 0 Å². The number of piperidine rings is 1. The van der Waals surface area contributed by atoms with Crippen molar-refractivity contribution >= 4 is 37.5 Å². The first kappa shape index (κ1) is 22.5. The number of hydrogen-bond acceptors (Lipinski definition) is 5. The number of carbonyl (C=O) groups is 1. The van der Waals surface area contributed by atoms with Gasteiger partial charge in [-0.2, -0.15) is 0 Å². The molecule has 6 nitrogen and oxygen atoms in total. The fraction of sp³-hybridized carbons (Fsp3) is 0.440. The average Bonchev–Trinajstić information content (AvgIpc) is 3.28. The molecule has 1 fully saturated rings. The van der Waals surface area contributed by atoms with Crippen LogP contribution >= 0.6 is 11.3 Å². The van der Waals surface area contributed by atoms with E-state index in [2.05, 4.69) is 10.8 Å². The standard InChI is InChI=1S/C25H29N3O3S2/c29-24(11-14-26-33(30,31)21-10-9-18-5-1-2-6-20(18)17-21)28-15-12-19(13-16-28)25-27-22-7-3-4-8-23(22)32-25/h3-4,7-10,17,19,26H,1-2,5-6,11-16H2. The lowest BCUT2D eigenvalue weighted by atomic mass is 9.92. The second-order valence-corrected chi connectivity index (χ2v) is 11.8. The molecular weight excluding hydrogens is 454 g/mol. The summed E-state index contributed by atoms with van der Waals surface area (Å²) >= 11 is 1.75. The number of nitrogens with one attached hydrogen (secondary N) is 1. The summed E-state index contributed by atoms with van der Waals surface area (Å²) in [6, 6.07) is 13.6. The molecule has 33 heavy (non-hydrogen) atoms. The van der Waals surface area contributed by atoms with E-state index in [0.717, 1.165) is 54.6 Å². The number of fused-ring (bicyclic) bond motifs is 2. The summed E-state index contributed by atoms with van der Waals surface area (Å²) in [6.45, 7) is 1.50. The van der Waals surface area contributed by atoms with Gasteiger partial charge in [-0.3, -0.25) is 4.79 Å². The highest BCUT2D eigenvalue weighted by atomic mass is 32.2. The molecular formula is C25H29N3O3S2. The Labute approximate surface area is 199 Å². The molecule has 1 N–H and O–H groups in total. The Morgan fingerprint density at radius 2 is 1.82 bits per heavy atom. The number of nitrogens with zero attached hydrogens (tertiary/aromatic N) is 2. The van der Waals surface area contributed by atoms with Crippen LogP contribution in [-0.4, -0.2) is 43.8 Å². The Morgan fingerprint density at radius 1 is 1.06 bits per heavy atom. The molecule has 8 heteroatoms. The van der Waals surface area contributed by atoms with Crippen LogP contribution in [-0.2, 0) is 27.7 Å². The first-order valence-electron chi connectivity index (χ1n) is 11.7. The molecule has 1 aliphatic carbocycles. The molecule has 0 saturated carbocycles. The Bertz CT molecular complexity index is 1230. The van der Waals surface area contributed by atoms with Gasteiger partial charge in [-0.25, -0.2) is 18.1 Å². The lowest BCUT2D eigenvalue weighted by Gasteiger charge is -2.31. The van der Waals surface area contributed by atoms with Crippen molar-refractivity contribution in [2.45, 2.75) is 55.8 Å². The van der Waals surface area contributed by atoms with Crippen LogP contribution < -0.4 is 4.72 Å². The minimum Gasteiger partial charge on any atom is -0.343 e. The maximum Gasteiger partial charge on any atom is 0.240 e. The molecule has 174 valence electrons. The molecule has 0 bridgehead atoms. The van der Waals surface area contributed by atoms with Crippen molar-refractivity contribution in [1.82, 2.24) is 14.6 Å². The fourth-order valence-corrected chi connectivity index (χ4v) is 7.07. The highest BCUT2D eigenvalue weighted by molar-refractivity contribution is 7.89. The van der Waals surface area contributed by atoms with Crippen molar-refractivity contribution < 1.29 is 13.2 Å². The summed E-state index contributed by atoms with van der Waals surface area (Å²) in [5, 5.41) is 1.15. The number of amides is 1. The number of hydrogen-bond donors (Lipinski definition) is 1. The van der Waals surface area contributed by atoms with Gasteiger partial charge in [0, 0.05) is 32.0 Å². The summed E-state index contributed by atoms with van der Waals surface area (Å²) in [5.74, 6) is 0.389. The largest absolute Gasteiger partial charge is 0.343 e. The first-order chi connectivity index (χ1) is 16.0. The minimum atomic E-state index is -3.61. The van der Waals surface area contributed by atoms with Crippen LogP contribution in [0.1, 0.15) is 54.2 Å². The van der Waals surface area contributed by atoms with E-state index in [1.807, 2.05) is 29.2 Å². The van der Waals surface area contributed by atoms with Crippen molar-refractivity contribution in [2.75, 3.05) is 19.6 Å². The topological polar surface area (TPSA) is 79.4 Å². The quantitative estimate of drug-likeness (QED) is 0.569. The van der Waals surface area contributed by atoms with Gasteiger partial charge in [-0.15, -0.1) is 11.3 Å². The molecule has 0 atom stereocenters. The lowest BCUT2D eigenvalue weighted by Crippen LogP contribution is -2.39. The normalized spacial score (nSPS) is 17.3. The molecule has 2 heterocycles. The van der Waals surface area contributed by atoms with Gasteiger partial charge < -0.3 is 4.90 Å². The molecule has 0 spiro atoms. The predicted octanol–water partition coefficient (Wildman–Crippen LogP) is 4.25. The number of thiazole rings is 1. The molecule has 3 aromatic rings. The van der Waals surface area contributed by atoms with E-state index < -0.39 is 10.0 Å². The lowest BCUT2D eigenvalue weighted by molar-refractivity contribution is -0.132. The van der Waals surface area contributed by atoms with Gasteiger partial charge >= 0.3 is 0 Å². The Balaban J connectivity index is 1.12. The van der Waals surface area contributed by atoms with Crippen molar-refractivity contribution in [3.63, 3.8) is 0 Å². The monoisotopic (exact) mass is 483 g/mol. The number of aromatic nitrogens is 1. The van der Waals surface area contributed by atoms with E-state index in [0.29, 0.717) is 23.9 Å². The van der Waals surface area contributed by atoms with Gasteiger partial charge in [0.25, 0.3) is 0 Å². The number of aryl methyl sites for hydroxylation is 2. The number of para-hydroxylation sites is 1. The van der Waals surface area contributed by atoms with E-state index in [1.165, 1.54) is 10.3 Å². The summed E-state index contributed by atoms with van der Waals surface area (Å²) < 4.78 is 29.2. The number of benzene rings is 2. The highest BCUT2D eigenvalue weighted by Crippen LogP contribution is 2.34. The molecule has 1 amide bonds. The SMILES string of the molecule is O=C(CCNS(=O)(=O)c1ccc2c(c1)CCCC2)N1CCC(c2nc3ccccc3s2)CC1.